The molecule has 0 heterocycles. The summed E-state index contributed by atoms with van der Waals surface area (Å²) in [6.07, 6.45) is -0.602. The summed E-state index contributed by atoms with van der Waals surface area (Å²) >= 11 is 0. The smallest absolute Gasteiger partial charge is 0.408 e. The minimum absolute atomic E-state index is 0.0499. The Bertz CT molecular complexity index is 1120. The van der Waals surface area contributed by atoms with Crippen molar-refractivity contribution in [3.8, 4) is 11.5 Å². The van der Waals surface area contributed by atoms with Gasteiger partial charge in [-0.1, -0.05) is 60.7 Å². The van der Waals surface area contributed by atoms with E-state index in [0.717, 1.165) is 11.1 Å². The zero-order valence-electron chi connectivity index (χ0n) is 18.9. The van der Waals surface area contributed by atoms with Crippen molar-refractivity contribution in [2.75, 3.05) is 14.2 Å². The molecule has 0 radical (unpaired) electrons. The Labute approximate surface area is 197 Å². The van der Waals surface area contributed by atoms with Crippen molar-refractivity contribution in [1.82, 2.24) is 10.6 Å². The fourth-order valence-electron chi connectivity index (χ4n) is 3.22. The first-order valence-electron chi connectivity index (χ1n) is 10.6. The molecule has 8 heteroatoms. The predicted octanol–water partition coefficient (Wildman–Crippen LogP) is 3.50. The molecule has 0 bridgehead atoms. The van der Waals surface area contributed by atoms with Gasteiger partial charge in [-0.25, -0.2) is 4.79 Å². The molecule has 3 aromatic carbocycles. The molecule has 0 fully saturated rings. The quantitative estimate of drug-likeness (QED) is 0.505. The number of methoxy groups -OCH3 is 2. The van der Waals surface area contributed by atoms with Crippen molar-refractivity contribution in [2.45, 2.75) is 19.1 Å². The van der Waals surface area contributed by atoms with E-state index in [9.17, 15) is 14.4 Å². The summed E-state index contributed by atoms with van der Waals surface area (Å²) in [7, 11) is 2.91. The summed E-state index contributed by atoms with van der Waals surface area (Å²) < 4.78 is 15.6. The molecule has 8 nitrogen and oxygen atoms in total. The van der Waals surface area contributed by atoms with Gasteiger partial charge in [-0.3, -0.25) is 14.9 Å². The van der Waals surface area contributed by atoms with E-state index < -0.39 is 23.9 Å². The number of benzene rings is 3. The largest absolute Gasteiger partial charge is 0.497 e. The molecular weight excluding hydrogens is 436 g/mol. The fourth-order valence-corrected chi connectivity index (χ4v) is 3.22. The average Bonchev–Trinajstić information content (AvgIpc) is 2.87. The molecule has 0 saturated carbocycles. The maximum atomic E-state index is 13.0. The number of alkyl carbamates (subject to hydrolysis) is 1. The van der Waals surface area contributed by atoms with E-state index in [2.05, 4.69) is 10.6 Å². The van der Waals surface area contributed by atoms with Crippen LogP contribution in [0.5, 0.6) is 11.5 Å². The van der Waals surface area contributed by atoms with Gasteiger partial charge in [0.1, 0.15) is 24.1 Å². The Morgan fingerprint density at radius 2 is 1.47 bits per heavy atom. The minimum Gasteiger partial charge on any atom is -0.497 e. The second-order valence-corrected chi connectivity index (χ2v) is 7.33. The zero-order valence-corrected chi connectivity index (χ0v) is 18.9. The van der Waals surface area contributed by atoms with E-state index in [4.69, 9.17) is 14.2 Å². The highest BCUT2D eigenvalue weighted by atomic mass is 16.5. The summed E-state index contributed by atoms with van der Waals surface area (Å²) in [6, 6.07) is 21.9. The number of carbonyl (C=O) groups excluding carboxylic acids is 3. The highest BCUT2D eigenvalue weighted by molar-refractivity contribution is 6.08. The molecule has 2 N–H and O–H groups in total. The van der Waals surface area contributed by atoms with Crippen molar-refractivity contribution in [1.29, 1.82) is 0 Å². The molecule has 0 aromatic heterocycles. The third-order valence-corrected chi connectivity index (χ3v) is 4.99. The van der Waals surface area contributed by atoms with Gasteiger partial charge in [0.25, 0.3) is 5.91 Å². The van der Waals surface area contributed by atoms with Crippen molar-refractivity contribution in [3.63, 3.8) is 0 Å². The Kier molecular flexibility index (Phi) is 8.62. The summed E-state index contributed by atoms with van der Waals surface area (Å²) in [5.41, 5.74) is 1.77. The molecule has 0 aliphatic heterocycles. The average molecular weight is 463 g/mol. The van der Waals surface area contributed by atoms with Gasteiger partial charge in [-0.05, 0) is 23.3 Å². The summed E-state index contributed by atoms with van der Waals surface area (Å²) in [4.78, 5) is 38.2. The lowest BCUT2D eigenvalue weighted by Gasteiger charge is -2.18. The van der Waals surface area contributed by atoms with Gasteiger partial charge in [0, 0.05) is 12.5 Å². The number of ether oxygens (including phenoxy) is 3. The van der Waals surface area contributed by atoms with Crippen molar-refractivity contribution < 1.29 is 28.6 Å². The lowest BCUT2D eigenvalue weighted by molar-refractivity contribution is -0.122. The first kappa shape index (κ1) is 24.3. The number of imide groups is 1. The lowest BCUT2D eigenvalue weighted by atomic mass is 10.1. The molecule has 176 valence electrons. The monoisotopic (exact) mass is 462 g/mol. The van der Waals surface area contributed by atoms with Crippen LogP contribution in [-0.2, 0) is 22.6 Å². The SMILES string of the molecule is COc1ccc(C(=O)NC(=O)[C@H](Cc2ccccc2)NC(=O)OCc2ccccc2)c(OC)c1. The Hall–Kier alpha value is -4.33. The van der Waals surface area contributed by atoms with Crippen molar-refractivity contribution >= 4 is 17.9 Å². The molecular formula is C26H26N2O6. The number of rotatable bonds is 9. The van der Waals surface area contributed by atoms with Crippen LogP contribution in [0.2, 0.25) is 0 Å². The van der Waals surface area contributed by atoms with Crippen LogP contribution in [0.3, 0.4) is 0 Å². The number of hydrogen-bond donors (Lipinski definition) is 2. The summed E-state index contributed by atoms with van der Waals surface area (Å²) in [6.45, 7) is 0.0499. The molecule has 3 aromatic rings. The Morgan fingerprint density at radius 1 is 0.824 bits per heavy atom. The van der Waals surface area contributed by atoms with Gasteiger partial charge in [0.2, 0.25) is 5.91 Å². The third kappa shape index (κ3) is 6.83. The fraction of sp³-hybridized carbons (Fsp3) is 0.192. The van der Waals surface area contributed by atoms with E-state index in [1.807, 2.05) is 60.7 Å². The normalized spacial score (nSPS) is 11.1. The van der Waals surface area contributed by atoms with Gasteiger partial charge in [0.05, 0.1) is 19.8 Å². The zero-order chi connectivity index (χ0) is 24.3. The van der Waals surface area contributed by atoms with E-state index >= 15 is 0 Å². The Balaban J connectivity index is 1.71. The second-order valence-electron chi connectivity index (χ2n) is 7.33. The number of nitrogens with one attached hydrogen (secondary N) is 2. The lowest BCUT2D eigenvalue weighted by Crippen LogP contribution is -2.49. The van der Waals surface area contributed by atoms with Gasteiger partial charge in [-0.2, -0.15) is 0 Å². The van der Waals surface area contributed by atoms with Crippen LogP contribution in [0.4, 0.5) is 4.79 Å². The molecule has 34 heavy (non-hydrogen) atoms. The first-order chi connectivity index (χ1) is 16.5. The molecule has 0 saturated heterocycles. The summed E-state index contributed by atoms with van der Waals surface area (Å²) in [5, 5.41) is 4.90. The van der Waals surface area contributed by atoms with Crippen molar-refractivity contribution in [3.05, 3.63) is 95.6 Å². The number of hydrogen-bond acceptors (Lipinski definition) is 6. The highest BCUT2D eigenvalue weighted by Gasteiger charge is 2.25. The Morgan fingerprint density at radius 3 is 2.09 bits per heavy atom. The van der Waals surface area contributed by atoms with Gasteiger partial charge >= 0.3 is 6.09 Å². The molecule has 1 atom stereocenters. The van der Waals surface area contributed by atoms with Crippen molar-refractivity contribution in [2.24, 2.45) is 0 Å². The van der Waals surface area contributed by atoms with Crippen LogP contribution >= 0.6 is 0 Å². The van der Waals surface area contributed by atoms with E-state index in [1.165, 1.54) is 20.3 Å². The van der Waals surface area contributed by atoms with Gasteiger partial charge < -0.3 is 19.5 Å². The topological polar surface area (TPSA) is 103 Å². The highest BCUT2D eigenvalue weighted by Crippen LogP contribution is 2.24. The van der Waals surface area contributed by atoms with Crippen LogP contribution < -0.4 is 20.1 Å². The third-order valence-electron chi connectivity index (χ3n) is 4.99. The molecule has 0 spiro atoms. The van der Waals surface area contributed by atoms with Crippen LogP contribution in [0.1, 0.15) is 21.5 Å². The van der Waals surface area contributed by atoms with Crippen LogP contribution in [0.25, 0.3) is 0 Å². The number of amides is 3. The molecule has 3 rings (SSSR count). The van der Waals surface area contributed by atoms with Crippen LogP contribution in [0.15, 0.2) is 78.9 Å². The predicted molar refractivity (Wildman–Crippen MR) is 126 cm³/mol. The maximum absolute atomic E-state index is 13.0. The molecule has 3 amide bonds. The van der Waals surface area contributed by atoms with E-state index in [1.54, 1.807) is 12.1 Å². The molecule has 0 aliphatic rings. The maximum Gasteiger partial charge on any atom is 0.408 e. The molecule has 0 aliphatic carbocycles. The van der Waals surface area contributed by atoms with Crippen LogP contribution in [-0.4, -0.2) is 38.2 Å². The van der Waals surface area contributed by atoms with Crippen LogP contribution in [0, 0.1) is 0 Å². The standard InChI is InChI=1S/C26H26N2O6/c1-32-20-13-14-21(23(16-20)33-2)24(29)28-25(30)22(15-18-9-5-3-6-10-18)27-26(31)34-17-19-11-7-4-8-12-19/h3-14,16,22H,15,17H2,1-2H3,(H,27,31)(H,28,29,30)/t22-/m0/s1. The minimum atomic E-state index is -1.04. The van der Waals surface area contributed by atoms with Gasteiger partial charge in [0.15, 0.2) is 0 Å². The summed E-state index contributed by atoms with van der Waals surface area (Å²) in [5.74, 6) is -0.589. The van der Waals surface area contributed by atoms with E-state index in [0.29, 0.717) is 5.75 Å². The first-order valence-corrected chi connectivity index (χ1v) is 10.6. The number of carbonyl (C=O) groups is 3. The van der Waals surface area contributed by atoms with Gasteiger partial charge in [-0.15, -0.1) is 0 Å². The molecule has 0 unspecified atom stereocenters. The van der Waals surface area contributed by atoms with E-state index in [-0.39, 0.29) is 24.3 Å². The second kappa shape index (κ2) is 12.1.